The molecule has 0 bridgehead atoms. The smallest absolute Gasteiger partial charge is 0.272 e. The number of nitrogens with zero attached hydrogens (tertiary/aromatic N) is 2. The second-order valence-corrected chi connectivity index (χ2v) is 4.24. The van der Waals surface area contributed by atoms with Gasteiger partial charge in [0.05, 0.1) is 24.7 Å². The Morgan fingerprint density at radius 1 is 1.50 bits per heavy atom. The number of nitrogens with one attached hydrogen (secondary N) is 2. The zero-order valence-corrected chi connectivity index (χ0v) is 11.5. The molecule has 0 radical (unpaired) electrons. The Kier molecular flexibility index (Phi) is 4.41. The number of amides is 2. The first-order chi connectivity index (χ1) is 9.61. The molecule has 0 fully saturated rings. The Hall–Kier alpha value is -2.28. The zero-order chi connectivity index (χ0) is 14.5. The number of hydrogen-bond acceptors (Lipinski definition) is 4. The van der Waals surface area contributed by atoms with E-state index in [4.69, 9.17) is 16.0 Å². The van der Waals surface area contributed by atoms with E-state index in [2.05, 4.69) is 15.7 Å². The molecule has 0 saturated heterocycles. The standard InChI is InChI=1S/C12H13ClN4O3/c1-17-11(9(7-15-17)16-10(18)5-13)12(19)14-6-8-3-2-4-20-8/h2-4,7H,5-6H2,1H3,(H,14,19)(H,16,18). The molecular weight excluding hydrogens is 284 g/mol. The van der Waals surface area contributed by atoms with Gasteiger partial charge in [0.15, 0.2) is 0 Å². The lowest BCUT2D eigenvalue weighted by atomic mass is 10.3. The van der Waals surface area contributed by atoms with Crippen molar-refractivity contribution in [2.45, 2.75) is 6.54 Å². The van der Waals surface area contributed by atoms with Crippen LogP contribution in [0.1, 0.15) is 16.2 Å². The van der Waals surface area contributed by atoms with Crippen molar-refractivity contribution < 1.29 is 14.0 Å². The fourth-order valence-electron chi connectivity index (χ4n) is 1.65. The van der Waals surface area contributed by atoms with Gasteiger partial charge in [-0.25, -0.2) is 0 Å². The predicted molar refractivity (Wildman–Crippen MR) is 72.4 cm³/mol. The van der Waals surface area contributed by atoms with Crippen molar-refractivity contribution in [3.05, 3.63) is 36.0 Å². The lowest BCUT2D eigenvalue weighted by Gasteiger charge is -2.07. The number of aromatic nitrogens is 2. The van der Waals surface area contributed by atoms with Gasteiger partial charge in [-0.1, -0.05) is 0 Å². The van der Waals surface area contributed by atoms with Gasteiger partial charge in [0.25, 0.3) is 5.91 Å². The summed E-state index contributed by atoms with van der Waals surface area (Å²) in [6.45, 7) is 0.250. The van der Waals surface area contributed by atoms with Crippen molar-refractivity contribution in [3.8, 4) is 0 Å². The van der Waals surface area contributed by atoms with E-state index < -0.39 is 5.91 Å². The highest BCUT2D eigenvalue weighted by molar-refractivity contribution is 6.29. The third kappa shape index (κ3) is 3.18. The highest BCUT2D eigenvalue weighted by Crippen LogP contribution is 2.14. The molecule has 0 aliphatic rings. The fraction of sp³-hybridized carbons (Fsp3) is 0.250. The van der Waals surface area contributed by atoms with Crippen LogP contribution in [0.15, 0.2) is 29.0 Å². The Morgan fingerprint density at radius 2 is 2.30 bits per heavy atom. The molecule has 2 rings (SSSR count). The topological polar surface area (TPSA) is 89.2 Å². The number of carbonyl (C=O) groups is 2. The van der Waals surface area contributed by atoms with Gasteiger partial charge in [-0.15, -0.1) is 11.6 Å². The molecule has 0 unspecified atom stereocenters. The van der Waals surface area contributed by atoms with Gasteiger partial charge >= 0.3 is 0 Å². The van der Waals surface area contributed by atoms with E-state index in [9.17, 15) is 9.59 Å². The Bertz CT molecular complexity index is 606. The molecule has 2 N–H and O–H groups in total. The van der Waals surface area contributed by atoms with Crippen LogP contribution in [0.5, 0.6) is 0 Å². The van der Waals surface area contributed by atoms with Crippen molar-refractivity contribution in [1.82, 2.24) is 15.1 Å². The summed E-state index contributed by atoms with van der Waals surface area (Å²) in [7, 11) is 1.61. The molecule has 2 aromatic heterocycles. The van der Waals surface area contributed by atoms with Crippen LogP contribution in [0.25, 0.3) is 0 Å². The molecule has 106 valence electrons. The maximum atomic E-state index is 12.1. The van der Waals surface area contributed by atoms with Crippen molar-refractivity contribution in [2.24, 2.45) is 7.05 Å². The molecule has 0 saturated carbocycles. The van der Waals surface area contributed by atoms with Crippen molar-refractivity contribution >= 4 is 29.1 Å². The van der Waals surface area contributed by atoms with Crippen molar-refractivity contribution in [3.63, 3.8) is 0 Å². The normalized spacial score (nSPS) is 10.3. The highest BCUT2D eigenvalue weighted by atomic mass is 35.5. The monoisotopic (exact) mass is 296 g/mol. The van der Waals surface area contributed by atoms with Crippen LogP contribution in [0, 0.1) is 0 Å². The fourth-order valence-corrected chi connectivity index (χ4v) is 1.71. The van der Waals surface area contributed by atoms with Crippen LogP contribution in [0.4, 0.5) is 5.69 Å². The molecular formula is C12H13ClN4O3. The van der Waals surface area contributed by atoms with Crippen LogP contribution in [0.2, 0.25) is 0 Å². The van der Waals surface area contributed by atoms with Gasteiger partial charge in [0, 0.05) is 7.05 Å². The number of alkyl halides is 1. The van der Waals surface area contributed by atoms with E-state index in [-0.39, 0.29) is 24.0 Å². The van der Waals surface area contributed by atoms with E-state index >= 15 is 0 Å². The summed E-state index contributed by atoms with van der Waals surface area (Å²) in [6.07, 6.45) is 2.92. The van der Waals surface area contributed by atoms with Crippen LogP contribution < -0.4 is 10.6 Å². The summed E-state index contributed by atoms with van der Waals surface area (Å²) in [6, 6.07) is 3.48. The summed E-state index contributed by atoms with van der Waals surface area (Å²) in [5.74, 6) is -0.333. The molecule has 8 heteroatoms. The lowest BCUT2D eigenvalue weighted by Crippen LogP contribution is -2.26. The third-order valence-corrected chi connectivity index (χ3v) is 2.80. The Labute approximate surface area is 119 Å². The number of carbonyl (C=O) groups excluding carboxylic acids is 2. The average molecular weight is 297 g/mol. The van der Waals surface area contributed by atoms with Crippen LogP contribution in [-0.2, 0) is 18.4 Å². The number of rotatable bonds is 5. The van der Waals surface area contributed by atoms with Gasteiger partial charge in [0.1, 0.15) is 17.3 Å². The molecule has 0 aliphatic carbocycles. The molecule has 20 heavy (non-hydrogen) atoms. The van der Waals surface area contributed by atoms with Gasteiger partial charge < -0.3 is 15.1 Å². The van der Waals surface area contributed by atoms with Gasteiger partial charge in [0.2, 0.25) is 5.91 Å². The SMILES string of the molecule is Cn1ncc(NC(=O)CCl)c1C(=O)NCc1ccco1. The predicted octanol–water partition coefficient (Wildman–Crippen LogP) is 1.12. The minimum Gasteiger partial charge on any atom is -0.467 e. The van der Waals surface area contributed by atoms with E-state index in [0.717, 1.165) is 0 Å². The number of hydrogen-bond donors (Lipinski definition) is 2. The summed E-state index contributed by atoms with van der Waals surface area (Å²) in [4.78, 5) is 23.4. The summed E-state index contributed by atoms with van der Waals surface area (Å²) in [5.41, 5.74) is 0.560. The van der Waals surface area contributed by atoms with E-state index in [1.54, 1.807) is 19.2 Å². The number of halogens is 1. The molecule has 2 amide bonds. The second-order valence-electron chi connectivity index (χ2n) is 3.97. The lowest BCUT2D eigenvalue weighted by molar-refractivity contribution is -0.113. The minimum atomic E-state index is -0.403. The number of aryl methyl sites for hydroxylation is 1. The van der Waals surface area contributed by atoms with Crippen molar-refractivity contribution in [2.75, 3.05) is 11.2 Å². The van der Waals surface area contributed by atoms with Crippen molar-refractivity contribution in [1.29, 1.82) is 0 Å². The second kappa shape index (κ2) is 6.25. The third-order valence-electron chi connectivity index (χ3n) is 2.55. The number of anilines is 1. The first-order valence-corrected chi connectivity index (χ1v) is 6.33. The minimum absolute atomic E-state index is 0.192. The van der Waals surface area contributed by atoms with Crippen LogP contribution >= 0.6 is 11.6 Å². The molecule has 0 aliphatic heterocycles. The first kappa shape index (κ1) is 14.1. The average Bonchev–Trinajstić information content (AvgIpc) is 3.06. The Balaban J connectivity index is 2.08. The first-order valence-electron chi connectivity index (χ1n) is 5.80. The highest BCUT2D eigenvalue weighted by Gasteiger charge is 2.18. The maximum Gasteiger partial charge on any atom is 0.272 e. The summed E-state index contributed by atoms with van der Waals surface area (Å²) >= 11 is 5.42. The maximum absolute atomic E-state index is 12.1. The van der Waals surface area contributed by atoms with Crippen LogP contribution in [0.3, 0.4) is 0 Å². The molecule has 0 aromatic carbocycles. The molecule has 2 heterocycles. The summed E-state index contributed by atoms with van der Waals surface area (Å²) < 4.78 is 6.50. The largest absolute Gasteiger partial charge is 0.467 e. The zero-order valence-electron chi connectivity index (χ0n) is 10.7. The number of furan rings is 1. The molecule has 0 spiro atoms. The van der Waals surface area contributed by atoms with E-state index in [1.807, 2.05) is 0 Å². The van der Waals surface area contributed by atoms with E-state index in [1.165, 1.54) is 17.1 Å². The van der Waals surface area contributed by atoms with E-state index in [0.29, 0.717) is 11.4 Å². The Morgan fingerprint density at radius 3 is 2.95 bits per heavy atom. The van der Waals surface area contributed by atoms with Crippen LogP contribution in [-0.4, -0.2) is 27.5 Å². The molecule has 7 nitrogen and oxygen atoms in total. The molecule has 2 aromatic rings. The molecule has 0 atom stereocenters. The van der Waals surface area contributed by atoms with Gasteiger partial charge in [-0.2, -0.15) is 5.10 Å². The van der Waals surface area contributed by atoms with Gasteiger partial charge in [-0.3, -0.25) is 14.3 Å². The van der Waals surface area contributed by atoms with Gasteiger partial charge in [-0.05, 0) is 12.1 Å². The summed E-state index contributed by atoms with van der Waals surface area (Å²) in [5, 5.41) is 9.14. The quantitative estimate of drug-likeness (QED) is 0.809.